The molecule has 3 rings (SSSR count). The van der Waals surface area contributed by atoms with Crippen LogP contribution in [0.4, 0.5) is 18.9 Å². The first-order chi connectivity index (χ1) is 13.0. The van der Waals surface area contributed by atoms with E-state index < -0.39 is 49.2 Å². The summed E-state index contributed by atoms with van der Waals surface area (Å²) in [6.07, 6.45) is -4.47. The highest BCUT2D eigenvalue weighted by Gasteiger charge is 2.41. The van der Waals surface area contributed by atoms with Crippen LogP contribution in [0.25, 0.3) is 0 Å². The first-order valence-electron chi connectivity index (χ1n) is 8.18. The summed E-state index contributed by atoms with van der Waals surface area (Å²) in [6.45, 7) is -0.180. The molecule has 1 aliphatic rings. The third kappa shape index (κ3) is 3.73. The molecule has 0 unspecified atom stereocenters. The minimum atomic E-state index is -4.47. The van der Waals surface area contributed by atoms with Gasteiger partial charge >= 0.3 is 6.18 Å². The lowest BCUT2D eigenvalue weighted by molar-refractivity contribution is -0.387. The topological polar surface area (TPSA) is 107 Å². The van der Waals surface area contributed by atoms with Gasteiger partial charge in [-0.1, -0.05) is 24.3 Å². The van der Waals surface area contributed by atoms with E-state index in [-0.39, 0.29) is 13.1 Å². The Bertz CT molecular complexity index is 993. The van der Waals surface area contributed by atoms with Gasteiger partial charge in [-0.05, 0) is 23.8 Å². The normalized spacial score (nSPS) is 21.0. The molecule has 28 heavy (non-hydrogen) atoms. The Hall–Kier alpha value is -2.50. The summed E-state index contributed by atoms with van der Waals surface area (Å²) in [4.78, 5) is 9.93. The maximum Gasteiger partial charge on any atom is 0.416 e. The van der Waals surface area contributed by atoms with Crippen LogP contribution in [-0.2, 0) is 16.2 Å². The van der Waals surface area contributed by atoms with Gasteiger partial charge in [0.15, 0.2) is 4.90 Å². The van der Waals surface area contributed by atoms with Crippen molar-refractivity contribution in [2.45, 2.75) is 23.0 Å². The van der Waals surface area contributed by atoms with Crippen molar-refractivity contribution < 1.29 is 26.5 Å². The number of para-hydroxylation sites is 1. The summed E-state index contributed by atoms with van der Waals surface area (Å²) >= 11 is 0. The molecule has 1 saturated heterocycles. The highest BCUT2D eigenvalue weighted by molar-refractivity contribution is 7.89. The fourth-order valence-electron chi connectivity index (χ4n) is 3.23. The predicted molar refractivity (Wildman–Crippen MR) is 94.0 cm³/mol. The van der Waals surface area contributed by atoms with Crippen LogP contribution in [0.15, 0.2) is 53.4 Å². The van der Waals surface area contributed by atoms with Crippen molar-refractivity contribution in [3.05, 3.63) is 69.8 Å². The lowest BCUT2D eigenvalue weighted by atomic mass is 9.94. The zero-order chi connectivity index (χ0) is 20.7. The average molecular weight is 415 g/mol. The van der Waals surface area contributed by atoms with Crippen molar-refractivity contribution in [2.24, 2.45) is 5.73 Å². The highest BCUT2D eigenvalue weighted by Crippen LogP contribution is 2.35. The molecule has 0 radical (unpaired) electrons. The summed E-state index contributed by atoms with van der Waals surface area (Å²) in [7, 11) is -4.19. The highest BCUT2D eigenvalue weighted by atomic mass is 32.2. The molecule has 1 heterocycles. The number of benzene rings is 2. The summed E-state index contributed by atoms with van der Waals surface area (Å²) < 4.78 is 64.9. The number of hydrogen-bond donors (Lipinski definition) is 1. The van der Waals surface area contributed by atoms with Gasteiger partial charge in [-0.15, -0.1) is 0 Å². The quantitative estimate of drug-likeness (QED) is 0.610. The van der Waals surface area contributed by atoms with E-state index in [1.807, 2.05) is 0 Å². The van der Waals surface area contributed by atoms with Gasteiger partial charge in [-0.2, -0.15) is 17.5 Å². The van der Waals surface area contributed by atoms with E-state index in [9.17, 15) is 31.7 Å². The first kappa shape index (κ1) is 20.2. The fourth-order valence-corrected chi connectivity index (χ4v) is 4.89. The van der Waals surface area contributed by atoms with E-state index in [2.05, 4.69) is 0 Å². The molecule has 1 aliphatic heterocycles. The van der Waals surface area contributed by atoms with Gasteiger partial charge < -0.3 is 5.73 Å². The second kappa shape index (κ2) is 7.15. The molecule has 2 atom stereocenters. The monoisotopic (exact) mass is 415 g/mol. The molecule has 150 valence electrons. The van der Waals surface area contributed by atoms with Crippen LogP contribution < -0.4 is 5.73 Å². The van der Waals surface area contributed by atoms with Gasteiger partial charge in [0.2, 0.25) is 10.0 Å². The molecule has 2 aromatic carbocycles. The average Bonchev–Trinajstić information content (AvgIpc) is 3.03. The number of nitrogens with zero attached hydrogens (tertiary/aromatic N) is 2. The third-order valence-corrected chi connectivity index (χ3v) is 6.56. The number of nitro groups is 1. The minimum absolute atomic E-state index is 0.0824. The van der Waals surface area contributed by atoms with Crippen LogP contribution in [0.5, 0.6) is 0 Å². The van der Waals surface area contributed by atoms with Crippen LogP contribution in [0.2, 0.25) is 0 Å². The Morgan fingerprint density at radius 1 is 1.07 bits per heavy atom. The van der Waals surface area contributed by atoms with Crippen LogP contribution in [0, 0.1) is 10.1 Å². The Labute approximate surface area is 158 Å². The van der Waals surface area contributed by atoms with E-state index in [0.29, 0.717) is 5.56 Å². The lowest BCUT2D eigenvalue weighted by Gasteiger charge is -2.17. The first-order valence-corrected chi connectivity index (χ1v) is 9.62. The largest absolute Gasteiger partial charge is 0.416 e. The third-order valence-electron chi connectivity index (χ3n) is 4.68. The van der Waals surface area contributed by atoms with Crippen LogP contribution >= 0.6 is 0 Å². The standard InChI is InChI=1S/C17H16F3N3O4S/c18-17(19,20)12-7-5-11(6-8-12)13-9-22(10-14(13)21)28(26,27)16-4-2-1-3-15(16)23(24)25/h1-8,13-14H,9-10,21H2/t13-,14+/m1/s1. The van der Waals surface area contributed by atoms with E-state index >= 15 is 0 Å². The van der Waals surface area contributed by atoms with Gasteiger partial charge in [-0.25, -0.2) is 8.42 Å². The molecule has 0 aromatic heterocycles. The van der Waals surface area contributed by atoms with Crippen molar-refractivity contribution in [3.8, 4) is 0 Å². The Morgan fingerprint density at radius 2 is 1.68 bits per heavy atom. The zero-order valence-electron chi connectivity index (χ0n) is 14.3. The molecule has 0 aliphatic carbocycles. The van der Waals surface area contributed by atoms with E-state index in [1.165, 1.54) is 24.3 Å². The van der Waals surface area contributed by atoms with Crippen molar-refractivity contribution in [3.63, 3.8) is 0 Å². The van der Waals surface area contributed by atoms with Crippen LogP contribution in [0.3, 0.4) is 0 Å². The van der Waals surface area contributed by atoms with E-state index in [4.69, 9.17) is 5.73 Å². The van der Waals surface area contributed by atoms with Crippen molar-refractivity contribution in [1.29, 1.82) is 0 Å². The molecule has 11 heteroatoms. The maximum atomic E-state index is 12.9. The summed E-state index contributed by atoms with van der Waals surface area (Å²) in [5, 5.41) is 11.2. The van der Waals surface area contributed by atoms with Gasteiger partial charge in [0.25, 0.3) is 5.69 Å². The van der Waals surface area contributed by atoms with Crippen LogP contribution in [0.1, 0.15) is 17.0 Å². The summed E-state index contributed by atoms with van der Waals surface area (Å²) in [6, 6.07) is 8.70. The SMILES string of the molecule is N[C@H]1CN(S(=O)(=O)c2ccccc2[N+](=O)[O-])C[C@@H]1c1ccc(C(F)(F)F)cc1. The molecule has 0 amide bonds. The number of sulfonamides is 1. The number of nitrogens with two attached hydrogens (primary N) is 1. The molecule has 2 aromatic rings. The molecule has 0 saturated carbocycles. The van der Waals surface area contributed by atoms with Gasteiger partial charge in [-0.3, -0.25) is 10.1 Å². The second-order valence-electron chi connectivity index (χ2n) is 6.44. The molecule has 0 bridgehead atoms. The Kier molecular flexibility index (Phi) is 5.17. The number of rotatable bonds is 4. The fraction of sp³-hybridized carbons (Fsp3) is 0.294. The van der Waals surface area contributed by atoms with Crippen molar-refractivity contribution in [1.82, 2.24) is 4.31 Å². The van der Waals surface area contributed by atoms with Gasteiger partial charge in [0.05, 0.1) is 10.5 Å². The molecular weight excluding hydrogens is 399 g/mol. The Balaban J connectivity index is 1.88. The lowest BCUT2D eigenvalue weighted by Crippen LogP contribution is -2.32. The molecule has 7 nitrogen and oxygen atoms in total. The smallest absolute Gasteiger partial charge is 0.326 e. The molecule has 0 spiro atoms. The molecular formula is C17H16F3N3O4S. The minimum Gasteiger partial charge on any atom is -0.326 e. The van der Waals surface area contributed by atoms with Crippen molar-refractivity contribution in [2.75, 3.05) is 13.1 Å². The number of hydrogen-bond acceptors (Lipinski definition) is 5. The number of nitro benzene ring substituents is 1. The Morgan fingerprint density at radius 3 is 2.25 bits per heavy atom. The van der Waals surface area contributed by atoms with Crippen LogP contribution in [-0.4, -0.2) is 36.8 Å². The molecule has 1 fully saturated rings. The van der Waals surface area contributed by atoms with Gasteiger partial charge in [0.1, 0.15) is 0 Å². The zero-order valence-corrected chi connectivity index (χ0v) is 15.2. The maximum absolute atomic E-state index is 12.9. The molecule has 2 N–H and O–H groups in total. The number of alkyl halides is 3. The van der Waals surface area contributed by atoms with E-state index in [0.717, 1.165) is 28.6 Å². The summed E-state index contributed by atoms with van der Waals surface area (Å²) in [5.41, 5.74) is 5.15. The number of halogens is 3. The summed E-state index contributed by atoms with van der Waals surface area (Å²) in [5.74, 6) is -0.528. The second-order valence-corrected chi connectivity index (χ2v) is 8.34. The van der Waals surface area contributed by atoms with Crippen molar-refractivity contribution >= 4 is 15.7 Å². The van der Waals surface area contributed by atoms with E-state index in [1.54, 1.807) is 0 Å². The van der Waals surface area contributed by atoms with Gasteiger partial charge in [0, 0.05) is 31.1 Å². The predicted octanol–water partition coefficient (Wildman–Crippen LogP) is 2.73.